The summed E-state index contributed by atoms with van der Waals surface area (Å²) in [5, 5.41) is 0. The van der Waals surface area contributed by atoms with Crippen LogP contribution >= 0.6 is 12.4 Å². The zero-order valence-corrected chi connectivity index (χ0v) is 10.8. The monoisotopic (exact) mass is 247 g/mol. The van der Waals surface area contributed by atoms with E-state index in [2.05, 4.69) is 55.5 Å². The van der Waals surface area contributed by atoms with E-state index in [-0.39, 0.29) is 12.4 Å². The molecule has 90 valence electrons. The van der Waals surface area contributed by atoms with Crippen LogP contribution in [0, 0.1) is 6.92 Å². The first-order valence-electron chi connectivity index (χ1n) is 5.65. The highest BCUT2D eigenvalue weighted by Gasteiger charge is 1.97. The van der Waals surface area contributed by atoms with E-state index >= 15 is 0 Å². The van der Waals surface area contributed by atoms with Gasteiger partial charge in [-0.3, -0.25) is 0 Å². The van der Waals surface area contributed by atoms with Crippen LogP contribution in [0.1, 0.15) is 11.1 Å². The Morgan fingerprint density at radius 3 is 1.76 bits per heavy atom. The number of hydrogen-bond donors (Lipinski definition) is 1. The van der Waals surface area contributed by atoms with Crippen molar-refractivity contribution in [2.24, 2.45) is 5.73 Å². The standard InChI is InChI=1S/C15H17N.ClH/c1-12-2-6-14(7-3-12)15-8-4-13(5-9-15)10-11-16;/h2-9H,10-11,16H2,1H3;1H. The van der Waals surface area contributed by atoms with Gasteiger partial charge in [0.2, 0.25) is 0 Å². The molecule has 0 bridgehead atoms. The highest BCUT2D eigenvalue weighted by Crippen LogP contribution is 2.20. The van der Waals surface area contributed by atoms with E-state index < -0.39 is 0 Å². The first-order chi connectivity index (χ1) is 7.79. The van der Waals surface area contributed by atoms with Gasteiger partial charge in [0.05, 0.1) is 0 Å². The lowest BCUT2D eigenvalue weighted by Crippen LogP contribution is -2.02. The molecule has 1 nitrogen and oxygen atoms in total. The van der Waals surface area contributed by atoms with Crippen molar-refractivity contribution in [2.45, 2.75) is 13.3 Å². The van der Waals surface area contributed by atoms with Gasteiger partial charge in [0, 0.05) is 0 Å². The van der Waals surface area contributed by atoms with Gasteiger partial charge < -0.3 is 5.73 Å². The molecule has 0 aliphatic heterocycles. The molecular weight excluding hydrogens is 230 g/mol. The molecule has 17 heavy (non-hydrogen) atoms. The van der Waals surface area contributed by atoms with Crippen LogP contribution in [0.5, 0.6) is 0 Å². The van der Waals surface area contributed by atoms with Crippen LogP contribution in [0.4, 0.5) is 0 Å². The van der Waals surface area contributed by atoms with E-state index in [0.717, 1.165) is 6.42 Å². The van der Waals surface area contributed by atoms with Gasteiger partial charge in [0.15, 0.2) is 0 Å². The zero-order valence-electron chi connectivity index (χ0n) is 10.0. The minimum absolute atomic E-state index is 0. The van der Waals surface area contributed by atoms with E-state index in [1.165, 1.54) is 22.3 Å². The Hall–Kier alpha value is -1.31. The summed E-state index contributed by atoms with van der Waals surface area (Å²) in [5.74, 6) is 0. The summed E-state index contributed by atoms with van der Waals surface area (Å²) in [4.78, 5) is 0. The van der Waals surface area contributed by atoms with E-state index in [0.29, 0.717) is 6.54 Å². The predicted octanol–water partition coefficient (Wildman–Crippen LogP) is 3.59. The minimum Gasteiger partial charge on any atom is -0.330 e. The molecular formula is C15H18ClN. The summed E-state index contributed by atoms with van der Waals surface area (Å²) in [6.45, 7) is 2.82. The highest BCUT2D eigenvalue weighted by molar-refractivity contribution is 5.85. The van der Waals surface area contributed by atoms with Gasteiger partial charge >= 0.3 is 0 Å². The second kappa shape index (κ2) is 6.43. The van der Waals surface area contributed by atoms with Crippen molar-refractivity contribution in [3.05, 3.63) is 59.7 Å². The summed E-state index contributed by atoms with van der Waals surface area (Å²) >= 11 is 0. The van der Waals surface area contributed by atoms with E-state index in [4.69, 9.17) is 5.73 Å². The molecule has 2 aromatic rings. The van der Waals surface area contributed by atoms with Crippen LogP contribution in [0.2, 0.25) is 0 Å². The van der Waals surface area contributed by atoms with E-state index in [1.54, 1.807) is 0 Å². The topological polar surface area (TPSA) is 26.0 Å². The molecule has 2 aromatic carbocycles. The van der Waals surface area contributed by atoms with Crippen LogP contribution in [-0.2, 0) is 6.42 Å². The second-order valence-corrected chi connectivity index (χ2v) is 4.10. The molecule has 0 spiro atoms. The first kappa shape index (κ1) is 13.8. The molecule has 0 aromatic heterocycles. The Balaban J connectivity index is 0.00000144. The maximum atomic E-state index is 5.53. The van der Waals surface area contributed by atoms with Gasteiger partial charge in [-0.05, 0) is 36.6 Å². The summed E-state index contributed by atoms with van der Waals surface area (Å²) < 4.78 is 0. The third kappa shape index (κ3) is 3.58. The molecule has 0 saturated carbocycles. The van der Waals surface area contributed by atoms with Crippen molar-refractivity contribution >= 4 is 12.4 Å². The molecule has 0 unspecified atom stereocenters. The lowest BCUT2D eigenvalue weighted by atomic mass is 10.0. The van der Waals surface area contributed by atoms with Crippen molar-refractivity contribution in [3.8, 4) is 11.1 Å². The van der Waals surface area contributed by atoms with Crippen molar-refractivity contribution in [1.29, 1.82) is 0 Å². The molecule has 2 rings (SSSR count). The summed E-state index contributed by atoms with van der Waals surface area (Å²) in [5.41, 5.74) is 10.7. The zero-order chi connectivity index (χ0) is 11.4. The molecule has 0 fully saturated rings. The molecule has 2 heteroatoms. The smallest absolute Gasteiger partial charge is 0.00367 e. The Morgan fingerprint density at radius 2 is 1.29 bits per heavy atom. The van der Waals surface area contributed by atoms with E-state index in [1.807, 2.05) is 0 Å². The number of hydrogen-bond acceptors (Lipinski definition) is 1. The van der Waals surface area contributed by atoms with Gasteiger partial charge in [0.1, 0.15) is 0 Å². The molecule has 0 radical (unpaired) electrons. The summed E-state index contributed by atoms with van der Waals surface area (Å²) in [6.07, 6.45) is 0.953. The predicted molar refractivity (Wildman–Crippen MR) is 76.6 cm³/mol. The Kier molecular flexibility index (Phi) is 5.20. The van der Waals surface area contributed by atoms with Crippen LogP contribution < -0.4 is 5.73 Å². The maximum Gasteiger partial charge on any atom is -0.00367 e. The average molecular weight is 248 g/mol. The van der Waals surface area contributed by atoms with Gasteiger partial charge in [-0.25, -0.2) is 0 Å². The largest absolute Gasteiger partial charge is 0.330 e. The number of nitrogens with two attached hydrogens (primary N) is 1. The SMILES string of the molecule is Cc1ccc(-c2ccc(CCN)cc2)cc1.Cl. The fourth-order valence-corrected chi connectivity index (χ4v) is 1.78. The number of aryl methyl sites for hydroxylation is 1. The van der Waals surface area contributed by atoms with Gasteiger partial charge in [-0.15, -0.1) is 12.4 Å². The quantitative estimate of drug-likeness (QED) is 0.882. The fourth-order valence-electron chi connectivity index (χ4n) is 1.78. The molecule has 0 amide bonds. The minimum atomic E-state index is 0. The van der Waals surface area contributed by atoms with Gasteiger partial charge in [-0.1, -0.05) is 54.1 Å². The van der Waals surface area contributed by atoms with Gasteiger partial charge in [0.25, 0.3) is 0 Å². The Morgan fingerprint density at radius 1 is 0.824 bits per heavy atom. The van der Waals surface area contributed by atoms with Crippen LogP contribution in [0.3, 0.4) is 0 Å². The molecule has 0 saturated heterocycles. The molecule has 0 aliphatic rings. The third-order valence-corrected chi connectivity index (χ3v) is 2.77. The van der Waals surface area contributed by atoms with Crippen LogP contribution in [0.15, 0.2) is 48.5 Å². The summed E-state index contributed by atoms with van der Waals surface area (Å²) in [7, 11) is 0. The van der Waals surface area contributed by atoms with Crippen molar-refractivity contribution < 1.29 is 0 Å². The fraction of sp³-hybridized carbons (Fsp3) is 0.200. The van der Waals surface area contributed by atoms with Crippen molar-refractivity contribution in [1.82, 2.24) is 0 Å². The highest BCUT2D eigenvalue weighted by atomic mass is 35.5. The molecule has 0 atom stereocenters. The normalized spacial score (nSPS) is 9.76. The number of benzene rings is 2. The molecule has 0 heterocycles. The molecule has 0 aliphatic carbocycles. The third-order valence-electron chi connectivity index (χ3n) is 2.77. The maximum absolute atomic E-state index is 5.53. The average Bonchev–Trinajstić information content (AvgIpc) is 2.32. The van der Waals surface area contributed by atoms with Crippen molar-refractivity contribution in [3.63, 3.8) is 0 Å². The molecule has 2 N–H and O–H groups in total. The number of halogens is 1. The van der Waals surface area contributed by atoms with Crippen LogP contribution in [0.25, 0.3) is 11.1 Å². The van der Waals surface area contributed by atoms with Crippen LogP contribution in [-0.4, -0.2) is 6.54 Å². The summed E-state index contributed by atoms with van der Waals surface area (Å²) in [6, 6.07) is 17.2. The Bertz CT molecular complexity index is 445. The lowest BCUT2D eigenvalue weighted by molar-refractivity contribution is 0.969. The number of rotatable bonds is 3. The first-order valence-corrected chi connectivity index (χ1v) is 5.65. The lowest BCUT2D eigenvalue weighted by Gasteiger charge is -2.04. The van der Waals surface area contributed by atoms with Crippen molar-refractivity contribution in [2.75, 3.05) is 6.54 Å². The second-order valence-electron chi connectivity index (χ2n) is 4.10. The van der Waals surface area contributed by atoms with E-state index in [9.17, 15) is 0 Å². The van der Waals surface area contributed by atoms with Gasteiger partial charge in [-0.2, -0.15) is 0 Å². The Labute approximate surface area is 109 Å².